The first kappa shape index (κ1) is 48.3. The molecule has 1 aromatic carbocycles. The van der Waals surface area contributed by atoms with E-state index < -0.39 is 57.4 Å². The first-order valence-corrected chi connectivity index (χ1v) is 27.4. The number of ether oxygens (including phenoxy) is 1. The monoisotopic (exact) mass is 1070 g/mol. The van der Waals surface area contributed by atoms with Gasteiger partial charge in [0.2, 0.25) is 11.8 Å². The molecule has 1 unspecified atom stereocenters. The maximum atomic E-state index is 14.2. The fraction of sp³-hybridized carbons (Fsp3) is 0.444. The quantitative estimate of drug-likeness (QED) is 0.0863. The molecule has 3 atom stereocenters. The number of methoxy groups -OCH3 is 1. The summed E-state index contributed by atoms with van der Waals surface area (Å²) < 4.78 is 46.8. The van der Waals surface area contributed by atoms with Crippen LogP contribution in [-0.4, -0.2) is 150 Å². The Labute approximate surface area is 449 Å². The van der Waals surface area contributed by atoms with Crippen molar-refractivity contribution in [2.75, 3.05) is 73.1 Å². The van der Waals surface area contributed by atoms with Gasteiger partial charge in [0.15, 0.2) is 0 Å². The molecule has 3 saturated heterocycles. The Balaban J connectivity index is 0.728. The highest BCUT2D eigenvalue weighted by Crippen LogP contribution is 2.43. The fourth-order valence-corrected chi connectivity index (χ4v) is 12.5. The van der Waals surface area contributed by atoms with Crippen LogP contribution in [0.4, 0.5) is 28.7 Å². The average Bonchev–Trinajstić information content (AvgIpc) is 4.14. The molecule has 404 valence electrons. The van der Waals surface area contributed by atoms with Crippen LogP contribution in [0.25, 0.3) is 11.1 Å². The Morgan fingerprint density at radius 1 is 0.857 bits per heavy atom. The van der Waals surface area contributed by atoms with Gasteiger partial charge in [-0.3, -0.25) is 48.1 Å². The molecule has 0 radical (unpaired) electrons. The zero-order valence-electron chi connectivity index (χ0n) is 46.1. The number of nitrogens with one attached hydrogen (secondary N) is 1. The Bertz CT molecular complexity index is 3380. The van der Waals surface area contributed by atoms with E-state index in [9.17, 15) is 33.6 Å². The summed E-state index contributed by atoms with van der Waals surface area (Å²) in [5.74, 6) is -2.71. The van der Waals surface area contributed by atoms with Crippen molar-refractivity contribution in [1.29, 1.82) is 0 Å². The van der Waals surface area contributed by atoms with Crippen LogP contribution in [0.1, 0.15) is 112 Å². The second kappa shape index (κ2) is 20.1. The first-order chi connectivity index (χ1) is 37.9. The highest BCUT2D eigenvalue weighted by atomic mass is 31.2. The smallest absolute Gasteiger partial charge is 0.471 e. The van der Waals surface area contributed by atoms with Crippen molar-refractivity contribution in [3.63, 3.8) is 0 Å². The summed E-state index contributed by atoms with van der Waals surface area (Å²) in [6.45, 7) is 11.9. The Kier molecular flexibility index (Phi) is 12.6. The number of imide groups is 2. The lowest BCUT2D eigenvalue weighted by atomic mass is 9.90. The van der Waals surface area contributed by atoms with E-state index in [1.165, 1.54) is 17.5 Å². The molecule has 5 aromatic rings. The van der Waals surface area contributed by atoms with Gasteiger partial charge in [-0.2, -0.15) is 0 Å². The van der Waals surface area contributed by atoms with Crippen molar-refractivity contribution >= 4 is 66.1 Å². The molecule has 0 bridgehead atoms. The molecule has 5 amide bonds. The number of piperazine rings is 1. The molecule has 6 aliphatic rings. The number of piperidine rings is 2. The Hall–Kier alpha value is -7.07. The number of nitrogens with zero attached hydrogens (tertiary/aromatic N) is 10. The summed E-state index contributed by atoms with van der Waals surface area (Å²) in [7, 11) is -7.84. The summed E-state index contributed by atoms with van der Waals surface area (Å²) in [5.41, 5.74) is 6.75. The van der Waals surface area contributed by atoms with E-state index in [2.05, 4.69) is 59.8 Å². The van der Waals surface area contributed by atoms with E-state index in [4.69, 9.17) is 23.6 Å². The second-order valence-electron chi connectivity index (χ2n) is 21.5. The summed E-state index contributed by atoms with van der Waals surface area (Å²) in [5, 5.41) is 14.6. The second-order valence-corrected chi connectivity index (χ2v) is 22.8. The number of hydrogen-bond acceptors (Lipinski definition) is 16. The van der Waals surface area contributed by atoms with Crippen LogP contribution in [0.2, 0.25) is 0 Å². The molecule has 5 aliphatic heterocycles. The molecule has 23 heteroatoms. The molecule has 4 aromatic heterocycles. The van der Waals surface area contributed by atoms with E-state index in [1.54, 1.807) is 60.6 Å². The number of anilines is 5. The van der Waals surface area contributed by atoms with Crippen LogP contribution in [0.15, 0.2) is 67.1 Å². The molecule has 11 rings (SSSR count). The van der Waals surface area contributed by atoms with E-state index in [-0.39, 0.29) is 52.9 Å². The van der Waals surface area contributed by atoms with E-state index in [1.807, 2.05) is 12.1 Å². The number of hydrogen-bond donors (Lipinski definition) is 4. The van der Waals surface area contributed by atoms with Crippen molar-refractivity contribution in [3.05, 3.63) is 101 Å². The van der Waals surface area contributed by atoms with Crippen molar-refractivity contribution < 1.29 is 56.8 Å². The highest BCUT2D eigenvalue weighted by molar-refractivity contribution is 7.46. The number of benzene rings is 1. The molecular formula is C54H62N11O11P. The molecule has 3 fully saturated rings. The van der Waals surface area contributed by atoms with Gasteiger partial charge in [-0.25, -0.2) is 19.5 Å². The minimum Gasteiger partial charge on any atom is -0.480 e. The number of carbonyl (C=O) groups is 5. The number of likely N-dealkylation sites (tertiary alicyclic amines) is 1. The number of aliphatic hydroxyl groups excluding tert-OH is 1. The van der Waals surface area contributed by atoms with Crippen LogP contribution in [0, 0.1) is 5.41 Å². The third-order valence-corrected chi connectivity index (χ3v) is 16.4. The van der Waals surface area contributed by atoms with E-state index in [0.29, 0.717) is 71.1 Å². The van der Waals surface area contributed by atoms with Gasteiger partial charge in [0, 0.05) is 99.2 Å². The lowest BCUT2D eigenvalue weighted by molar-refractivity contribution is -0.155. The van der Waals surface area contributed by atoms with Crippen LogP contribution >= 0.6 is 7.82 Å². The SMILES string of the molecule is [2H]C([2H])([2H])Oc1ncc(-c2ccnc(N3CCn4c(cc5c4CC(C)(C)C5)C3=O)c2[C@@H](C)O)cc1Nc1ccc(N2CCN(C3CCN(c4ccc5c(c4)C(=O)N(C4CCC(=O)N(COP(=O)(O)O)C4=O)C5=O)CC3)C[C@@H]2C)cn1. The molecule has 0 spiro atoms. The summed E-state index contributed by atoms with van der Waals surface area (Å²) in [4.78, 5) is 109. The maximum absolute atomic E-state index is 14.2. The van der Waals surface area contributed by atoms with Gasteiger partial charge in [0.1, 0.15) is 35.8 Å². The van der Waals surface area contributed by atoms with Gasteiger partial charge in [0.25, 0.3) is 23.6 Å². The number of aromatic nitrogens is 4. The predicted octanol–water partition coefficient (Wildman–Crippen LogP) is 5.29. The number of fused-ring (bicyclic) bond motifs is 4. The number of phosphoric acid groups is 1. The molecule has 22 nitrogen and oxygen atoms in total. The molecule has 0 saturated carbocycles. The summed E-state index contributed by atoms with van der Waals surface area (Å²) >= 11 is 0. The van der Waals surface area contributed by atoms with Gasteiger partial charge >= 0.3 is 7.82 Å². The van der Waals surface area contributed by atoms with Gasteiger partial charge in [-0.05, 0) is 111 Å². The van der Waals surface area contributed by atoms with Crippen LogP contribution < -0.4 is 24.8 Å². The van der Waals surface area contributed by atoms with Crippen molar-refractivity contribution in [2.45, 2.75) is 97.0 Å². The molecule has 4 N–H and O–H groups in total. The van der Waals surface area contributed by atoms with Gasteiger partial charge in [0.05, 0.1) is 40.3 Å². The highest BCUT2D eigenvalue weighted by Gasteiger charge is 2.48. The minimum atomic E-state index is -5.02. The number of aliphatic hydroxyl groups is 1. The predicted molar refractivity (Wildman–Crippen MR) is 283 cm³/mol. The molecule has 1 aliphatic carbocycles. The van der Waals surface area contributed by atoms with Crippen LogP contribution in [-0.2, 0) is 38.1 Å². The average molecular weight is 1080 g/mol. The summed E-state index contributed by atoms with van der Waals surface area (Å²) in [6, 6.07) is 13.2. The van der Waals surface area contributed by atoms with Gasteiger partial charge < -0.3 is 39.3 Å². The van der Waals surface area contributed by atoms with Crippen molar-refractivity contribution in [3.8, 4) is 17.0 Å². The number of amides is 5. The van der Waals surface area contributed by atoms with Gasteiger partial charge in [-0.15, -0.1) is 0 Å². The Morgan fingerprint density at radius 3 is 2.36 bits per heavy atom. The number of rotatable bonds is 13. The molecule has 77 heavy (non-hydrogen) atoms. The number of pyridine rings is 3. The van der Waals surface area contributed by atoms with Crippen molar-refractivity contribution in [1.82, 2.24) is 34.2 Å². The largest absolute Gasteiger partial charge is 0.480 e. The Morgan fingerprint density at radius 2 is 1.64 bits per heavy atom. The van der Waals surface area contributed by atoms with E-state index >= 15 is 0 Å². The zero-order chi connectivity index (χ0) is 56.7. The van der Waals surface area contributed by atoms with Crippen LogP contribution in [0.5, 0.6) is 5.88 Å². The lowest BCUT2D eigenvalue weighted by Crippen LogP contribution is -2.57. The normalized spacial score (nSPS) is 22.2. The summed E-state index contributed by atoms with van der Waals surface area (Å²) in [6.07, 6.45) is 6.90. The molecule has 9 heterocycles. The van der Waals surface area contributed by atoms with Crippen molar-refractivity contribution in [2.24, 2.45) is 5.41 Å². The third-order valence-electron chi connectivity index (χ3n) is 15.9. The van der Waals surface area contributed by atoms with Gasteiger partial charge in [-0.1, -0.05) is 13.8 Å². The van der Waals surface area contributed by atoms with Crippen LogP contribution in [0.3, 0.4) is 0 Å². The number of carbonyl (C=O) groups excluding carboxylic acids is 5. The lowest BCUT2D eigenvalue weighted by Gasteiger charge is -2.46. The topological polar surface area (TPSA) is 257 Å². The van der Waals surface area contributed by atoms with E-state index in [0.717, 1.165) is 61.6 Å². The third kappa shape index (κ3) is 9.75. The molecular weight excluding hydrogens is 1010 g/mol. The maximum Gasteiger partial charge on any atom is 0.471 e. The minimum absolute atomic E-state index is 0.123. The fourth-order valence-electron chi connectivity index (χ4n) is 12.2. The first-order valence-electron chi connectivity index (χ1n) is 27.4. The standard InChI is InChI=1S/C54H62N11O11P/c1-31-29-60(35-13-16-59(17-14-35)36-6-8-39-40(24-36)51(69)65(50(39)68)42-9-11-46(67)64(52(42)70)30-76-77(72,73)74)18-19-61(31)37-7-10-45(56-28-37)58-41-22-34(27-57-49(41)75-5)38-12-15-55-48(47(38)32(2)66)63-21-20-62-43(53(63)71)23-33-25-54(3,4)26-44(33)62/h6-8,10,12,15,22-24,27-28,31-32,35,42,66H,9,11,13-14,16-21,25-26,29-30H2,1-5H3,(H,56,58)(H2,72,73,74)/t31-,32+,42?/m0/s1/i5D3. The zero-order valence-corrected chi connectivity index (χ0v) is 44.0. The number of phosphoric ester groups is 1.